The normalized spacial score (nSPS) is 13.5. The van der Waals surface area contributed by atoms with E-state index in [1.807, 2.05) is 20.8 Å². The molecule has 0 fully saturated rings. The van der Waals surface area contributed by atoms with E-state index in [9.17, 15) is 9.90 Å². The van der Waals surface area contributed by atoms with Gasteiger partial charge in [-0.2, -0.15) is 0 Å². The predicted molar refractivity (Wildman–Crippen MR) is 82.2 cm³/mol. The van der Waals surface area contributed by atoms with Crippen LogP contribution >= 0.6 is 0 Å². The minimum atomic E-state index is -1.72. The second kappa shape index (κ2) is 6.26. The van der Waals surface area contributed by atoms with E-state index in [0.717, 1.165) is 6.42 Å². The van der Waals surface area contributed by atoms with Gasteiger partial charge in [0.1, 0.15) is 0 Å². The monoisotopic (exact) mass is 289 g/mol. The molecule has 5 heteroatoms. The van der Waals surface area contributed by atoms with Crippen molar-refractivity contribution in [1.29, 1.82) is 0 Å². The van der Waals surface area contributed by atoms with Crippen LogP contribution in [0.2, 0.25) is 18.1 Å². The average Bonchev–Trinajstić information content (AvgIpc) is 2.12. The molecule has 1 N–H and O–H groups in total. The summed E-state index contributed by atoms with van der Waals surface area (Å²) in [4.78, 5) is 12.7. The molecular formula is C14H31NO3Si. The summed E-state index contributed by atoms with van der Waals surface area (Å²) < 4.78 is 6.06. The highest BCUT2D eigenvalue weighted by atomic mass is 28.4. The molecule has 0 aromatic carbocycles. The predicted octanol–water partition coefficient (Wildman–Crippen LogP) is 4.18. The molecule has 0 aromatic rings. The van der Waals surface area contributed by atoms with Gasteiger partial charge in [-0.3, -0.25) is 0 Å². The Morgan fingerprint density at radius 2 is 1.63 bits per heavy atom. The molecule has 19 heavy (non-hydrogen) atoms. The number of hydrogen-bond donors (Lipinski definition) is 1. The topological polar surface area (TPSA) is 49.8 Å². The lowest BCUT2D eigenvalue weighted by Gasteiger charge is -2.37. The number of carbonyl (C=O) groups is 1. The van der Waals surface area contributed by atoms with Crippen molar-refractivity contribution in [3.05, 3.63) is 0 Å². The highest BCUT2D eigenvalue weighted by Gasteiger charge is 2.37. The molecule has 0 atom stereocenters. The highest BCUT2D eigenvalue weighted by molar-refractivity contribution is 6.74. The second-order valence-electron chi connectivity index (χ2n) is 7.57. The summed E-state index contributed by atoms with van der Waals surface area (Å²) in [5, 5.41) is 9.39. The average molecular weight is 289 g/mol. The Balaban J connectivity index is 4.28. The third-order valence-corrected chi connectivity index (χ3v) is 8.37. The Morgan fingerprint density at radius 3 is 1.95 bits per heavy atom. The van der Waals surface area contributed by atoms with Gasteiger partial charge in [-0.25, -0.2) is 4.79 Å². The van der Waals surface area contributed by atoms with Crippen LogP contribution in [0.15, 0.2) is 0 Å². The first kappa shape index (κ1) is 18.4. The third kappa shape index (κ3) is 5.95. The molecule has 0 aliphatic carbocycles. The molecule has 0 aromatic heterocycles. The SMILES string of the molecule is CC(C)(C)N(CCCO[Si](C)(C)C(C)(C)C)C(=O)O. The summed E-state index contributed by atoms with van der Waals surface area (Å²) in [7, 11) is -1.72. The third-order valence-electron chi connectivity index (χ3n) is 3.84. The summed E-state index contributed by atoms with van der Waals surface area (Å²) in [6, 6.07) is 0. The van der Waals surface area contributed by atoms with Crippen molar-refractivity contribution in [2.75, 3.05) is 13.2 Å². The molecule has 0 bridgehead atoms. The van der Waals surface area contributed by atoms with Gasteiger partial charge in [0, 0.05) is 18.7 Å². The van der Waals surface area contributed by atoms with E-state index in [1.54, 1.807) is 0 Å². The van der Waals surface area contributed by atoms with Gasteiger partial charge in [0.05, 0.1) is 0 Å². The molecule has 4 nitrogen and oxygen atoms in total. The molecule has 0 unspecified atom stereocenters. The lowest BCUT2D eigenvalue weighted by atomic mass is 10.1. The van der Waals surface area contributed by atoms with Crippen molar-refractivity contribution < 1.29 is 14.3 Å². The summed E-state index contributed by atoms with van der Waals surface area (Å²) in [6.07, 6.45) is -0.115. The van der Waals surface area contributed by atoms with Gasteiger partial charge in [-0.15, -0.1) is 0 Å². The maximum absolute atomic E-state index is 11.2. The maximum atomic E-state index is 11.2. The maximum Gasteiger partial charge on any atom is 0.407 e. The van der Waals surface area contributed by atoms with Crippen molar-refractivity contribution in [3.63, 3.8) is 0 Å². The molecule has 0 rings (SSSR count). The Hall–Kier alpha value is -0.553. The molecule has 0 aliphatic heterocycles. The van der Waals surface area contributed by atoms with Crippen LogP contribution in [0.4, 0.5) is 4.79 Å². The quantitative estimate of drug-likeness (QED) is 0.610. The molecule has 114 valence electrons. The zero-order valence-electron chi connectivity index (χ0n) is 13.8. The van der Waals surface area contributed by atoms with E-state index in [0.29, 0.717) is 13.2 Å². The number of nitrogens with zero attached hydrogens (tertiary/aromatic N) is 1. The van der Waals surface area contributed by atoms with E-state index < -0.39 is 14.4 Å². The van der Waals surface area contributed by atoms with Gasteiger partial charge in [-0.05, 0) is 45.3 Å². The van der Waals surface area contributed by atoms with Gasteiger partial charge in [0.15, 0.2) is 8.32 Å². The largest absolute Gasteiger partial charge is 0.465 e. The van der Waals surface area contributed by atoms with Crippen molar-refractivity contribution >= 4 is 14.4 Å². The summed E-state index contributed by atoms with van der Waals surface area (Å²) in [5.74, 6) is 0. The number of hydrogen-bond acceptors (Lipinski definition) is 2. The molecular weight excluding hydrogens is 258 g/mol. The Bertz CT molecular complexity index is 303. The number of carboxylic acid groups (broad SMARTS) is 1. The van der Waals surface area contributed by atoms with E-state index in [4.69, 9.17) is 4.43 Å². The highest BCUT2D eigenvalue weighted by Crippen LogP contribution is 2.36. The fourth-order valence-corrected chi connectivity index (χ4v) is 2.57. The van der Waals surface area contributed by atoms with Crippen LogP contribution in [0.5, 0.6) is 0 Å². The fourth-order valence-electron chi connectivity index (χ4n) is 1.48. The fraction of sp³-hybridized carbons (Fsp3) is 0.929. The van der Waals surface area contributed by atoms with Crippen LogP contribution in [0.1, 0.15) is 48.0 Å². The lowest BCUT2D eigenvalue weighted by Crippen LogP contribution is -2.46. The van der Waals surface area contributed by atoms with Gasteiger partial charge < -0.3 is 14.4 Å². The molecule has 0 aliphatic rings. The molecule has 1 amide bonds. The van der Waals surface area contributed by atoms with Crippen LogP contribution in [-0.2, 0) is 4.43 Å². The van der Waals surface area contributed by atoms with E-state index in [-0.39, 0.29) is 10.6 Å². The number of amides is 1. The molecule has 0 heterocycles. The van der Waals surface area contributed by atoms with Crippen LogP contribution in [0.25, 0.3) is 0 Å². The molecule has 0 spiro atoms. The molecule has 0 saturated carbocycles. The van der Waals surface area contributed by atoms with Crippen molar-refractivity contribution in [2.45, 2.75) is 71.6 Å². The zero-order valence-corrected chi connectivity index (χ0v) is 14.8. The van der Waals surface area contributed by atoms with Gasteiger partial charge in [0.25, 0.3) is 0 Å². The lowest BCUT2D eigenvalue weighted by molar-refractivity contribution is 0.0956. The van der Waals surface area contributed by atoms with Crippen LogP contribution in [0.3, 0.4) is 0 Å². The first-order valence-corrected chi connectivity index (χ1v) is 9.84. The first-order chi connectivity index (χ1) is 8.29. The van der Waals surface area contributed by atoms with E-state index >= 15 is 0 Å². The van der Waals surface area contributed by atoms with Gasteiger partial charge in [0.2, 0.25) is 0 Å². The van der Waals surface area contributed by atoms with Gasteiger partial charge in [-0.1, -0.05) is 20.8 Å². The van der Waals surface area contributed by atoms with Crippen LogP contribution in [-0.4, -0.2) is 43.1 Å². The molecule has 0 radical (unpaired) electrons. The Labute approximate surface area is 119 Å². The van der Waals surface area contributed by atoms with Crippen LogP contribution in [0, 0.1) is 0 Å². The number of rotatable bonds is 5. The second-order valence-corrected chi connectivity index (χ2v) is 12.4. The van der Waals surface area contributed by atoms with Crippen molar-refractivity contribution in [2.24, 2.45) is 0 Å². The van der Waals surface area contributed by atoms with Crippen molar-refractivity contribution in [3.8, 4) is 0 Å². The zero-order chi connectivity index (χ0) is 15.5. The summed E-state index contributed by atoms with van der Waals surface area (Å²) >= 11 is 0. The van der Waals surface area contributed by atoms with Crippen LogP contribution < -0.4 is 0 Å². The standard InChI is InChI=1S/C14H31NO3Si/c1-13(2,3)15(12(16)17)10-9-11-18-19(7,8)14(4,5)6/h9-11H2,1-8H3,(H,16,17). The Kier molecular flexibility index (Phi) is 6.08. The van der Waals surface area contributed by atoms with E-state index in [2.05, 4.69) is 33.9 Å². The molecule has 0 saturated heterocycles. The summed E-state index contributed by atoms with van der Waals surface area (Å²) in [6.45, 7) is 17.9. The smallest absolute Gasteiger partial charge is 0.407 e. The van der Waals surface area contributed by atoms with E-state index in [1.165, 1.54) is 4.90 Å². The van der Waals surface area contributed by atoms with Crippen molar-refractivity contribution in [1.82, 2.24) is 4.90 Å². The summed E-state index contributed by atoms with van der Waals surface area (Å²) in [5.41, 5.74) is -0.358. The van der Waals surface area contributed by atoms with Gasteiger partial charge >= 0.3 is 6.09 Å². The minimum Gasteiger partial charge on any atom is -0.465 e. The first-order valence-electron chi connectivity index (χ1n) is 6.93. The Morgan fingerprint density at radius 1 is 1.16 bits per heavy atom. The minimum absolute atomic E-state index is 0.198.